The number of hydrogen-bond acceptors (Lipinski definition) is 3. The predicted octanol–water partition coefficient (Wildman–Crippen LogP) is 4.35. The lowest BCUT2D eigenvalue weighted by Crippen LogP contribution is -2.05. The fraction of sp³-hybridized carbons (Fsp3) is 0.588. The molecular weight excluding hydrogens is 252 g/mol. The van der Waals surface area contributed by atoms with E-state index in [2.05, 4.69) is 27.7 Å². The SMILES string of the molecule is CC(C)CCOc1ccc(C=O)c(OCCC(C)C)c1. The van der Waals surface area contributed by atoms with Crippen LogP contribution in [0.5, 0.6) is 11.5 Å². The molecule has 0 spiro atoms. The lowest BCUT2D eigenvalue weighted by atomic mass is 10.1. The maximum Gasteiger partial charge on any atom is 0.153 e. The second kappa shape index (κ2) is 8.62. The van der Waals surface area contributed by atoms with Gasteiger partial charge in [-0.05, 0) is 36.8 Å². The van der Waals surface area contributed by atoms with Crippen LogP contribution in [-0.2, 0) is 0 Å². The molecule has 0 fully saturated rings. The molecule has 0 aliphatic heterocycles. The zero-order valence-corrected chi connectivity index (χ0v) is 13.0. The fourth-order valence-electron chi connectivity index (χ4n) is 1.64. The van der Waals surface area contributed by atoms with E-state index in [4.69, 9.17) is 9.47 Å². The molecule has 0 amide bonds. The molecule has 0 heterocycles. The summed E-state index contributed by atoms with van der Waals surface area (Å²) in [6.45, 7) is 9.93. The highest BCUT2D eigenvalue weighted by molar-refractivity contribution is 5.79. The van der Waals surface area contributed by atoms with E-state index in [1.54, 1.807) is 6.07 Å². The Kier molecular flexibility index (Phi) is 7.13. The normalized spacial score (nSPS) is 10.9. The molecule has 0 aliphatic rings. The summed E-state index contributed by atoms with van der Waals surface area (Å²) in [7, 11) is 0. The van der Waals surface area contributed by atoms with Gasteiger partial charge < -0.3 is 9.47 Å². The van der Waals surface area contributed by atoms with Crippen molar-refractivity contribution in [3.8, 4) is 11.5 Å². The number of carbonyl (C=O) groups is 1. The molecular formula is C17H26O3. The number of rotatable bonds is 9. The molecule has 0 saturated carbocycles. The van der Waals surface area contributed by atoms with Crippen LogP contribution in [-0.4, -0.2) is 19.5 Å². The van der Waals surface area contributed by atoms with Crippen molar-refractivity contribution >= 4 is 6.29 Å². The topological polar surface area (TPSA) is 35.5 Å². The van der Waals surface area contributed by atoms with E-state index in [0.29, 0.717) is 36.4 Å². The molecule has 0 bridgehead atoms. The number of ether oxygens (including phenoxy) is 2. The Bertz CT molecular complexity index is 411. The number of hydrogen-bond donors (Lipinski definition) is 0. The van der Waals surface area contributed by atoms with Crippen LogP contribution < -0.4 is 9.47 Å². The van der Waals surface area contributed by atoms with Gasteiger partial charge in [0.25, 0.3) is 0 Å². The van der Waals surface area contributed by atoms with Gasteiger partial charge in [-0.25, -0.2) is 0 Å². The van der Waals surface area contributed by atoms with Crippen molar-refractivity contribution in [1.29, 1.82) is 0 Å². The van der Waals surface area contributed by atoms with Gasteiger partial charge in [0, 0.05) is 6.07 Å². The van der Waals surface area contributed by atoms with Crippen LogP contribution in [0.1, 0.15) is 50.9 Å². The van der Waals surface area contributed by atoms with Gasteiger partial charge >= 0.3 is 0 Å². The molecule has 112 valence electrons. The quantitative estimate of drug-likeness (QED) is 0.630. The van der Waals surface area contributed by atoms with Crippen LogP contribution >= 0.6 is 0 Å². The molecule has 0 radical (unpaired) electrons. The first-order valence-corrected chi connectivity index (χ1v) is 7.37. The number of benzene rings is 1. The number of carbonyl (C=O) groups excluding carboxylic acids is 1. The van der Waals surface area contributed by atoms with Crippen LogP contribution in [0.25, 0.3) is 0 Å². The second-order valence-corrected chi connectivity index (χ2v) is 5.88. The van der Waals surface area contributed by atoms with E-state index in [-0.39, 0.29) is 0 Å². The van der Waals surface area contributed by atoms with Gasteiger partial charge in [0.1, 0.15) is 11.5 Å². The monoisotopic (exact) mass is 278 g/mol. The van der Waals surface area contributed by atoms with Gasteiger partial charge in [-0.2, -0.15) is 0 Å². The predicted molar refractivity (Wildman–Crippen MR) is 81.7 cm³/mol. The molecule has 1 aromatic carbocycles. The Morgan fingerprint density at radius 1 is 1.00 bits per heavy atom. The minimum absolute atomic E-state index is 0.574. The van der Waals surface area contributed by atoms with Crippen molar-refractivity contribution in [2.75, 3.05) is 13.2 Å². The third-order valence-corrected chi connectivity index (χ3v) is 3.03. The third-order valence-electron chi connectivity index (χ3n) is 3.03. The molecule has 20 heavy (non-hydrogen) atoms. The van der Waals surface area contributed by atoms with Gasteiger partial charge in [-0.1, -0.05) is 27.7 Å². The molecule has 0 N–H and O–H groups in total. The van der Waals surface area contributed by atoms with E-state index in [9.17, 15) is 4.79 Å². The van der Waals surface area contributed by atoms with Gasteiger partial charge in [0.2, 0.25) is 0 Å². The highest BCUT2D eigenvalue weighted by Crippen LogP contribution is 2.24. The molecule has 0 atom stereocenters. The van der Waals surface area contributed by atoms with Crippen molar-refractivity contribution in [1.82, 2.24) is 0 Å². The molecule has 3 heteroatoms. The lowest BCUT2D eigenvalue weighted by molar-refractivity contribution is 0.111. The van der Waals surface area contributed by atoms with Crippen LogP contribution in [0, 0.1) is 11.8 Å². The molecule has 3 nitrogen and oxygen atoms in total. The first-order valence-electron chi connectivity index (χ1n) is 7.37. The fourth-order valence-corrected chi connectivity index (χ4v) is 1.64. The number of aldehydes is 1. The largest absolute Gasteiger partial charge is 0.493 e. The van der Waals surface area contributed by atoms with Crippen molar-refractivity contribution < 1.29 is 14.3 Å². The molecule has 0 aliphatic carbocycles. The van der Waals surface area contributed by atoms with Crippen LogP contribution in [0.4, 0.5) is 0 Å². The van der Waals surface area contributed by atoms with Crippen LogP contribution in [0.3, 0.4) is 0 Å². The first kappa shape index (κ1) is 16.5. The molecule has 0 saturated heterocycles. The Hall–Kier alpha value is -1.51. The molecule has 1 aromatic rings. The summed E-state index contributed by atoms with van der Waals surface area (Å²) < 4.78 is 11.4. The smallest absolute Gasteiger partial charge is 0.153 e. The van der Waals surface area contributed by atoms with Crippen molar-refractivity contribution in [2.45, 2.75) is 40.5 Å². The molecule has 1 rings (SSSR count). The maximum absolute atomic E-state index is 11.0. The van der Waals surface area contributed by atoms with E-state index in [1.807, 2.05) is 12.1 Å². The molecule has 0 unspecified atom stereocenters. The van der Waals surface area contributed by atoms with Crippen LogP contribution in [0.2, 0.25) is 0 Å². The summed E-state index contributed by atoms with van der Waals surface area (Å²) in [4.78, 5) is 11.0. The minimum atomic E-state index is 0.574. The summed E-state index contributed by atoms with van der Waals surface area (Å²) in [5, 5.41) is 0. The second-order valence-electron chi connectivity index (χ2n) is 5.88. The summed E-state index contributed by atoms with van der Waals surface area (Å²) >= 11 is 0. The Labute approximate surface area is 122 Å². The van der Waals surface area contributed by atoms with E-state index in [0.717, 1.165) is 24.9 Å². The van der Waals surface area contributed by atoms with Gasteiger partial charge in [-0.3, -0.25) is 4.79 Å². The third kappa shape index (κ3) is 6.09. The van der Waals surface area contributed by atoms with Gasteiger partial charge in [0.15, 0.2) is 6.29 Å². The average Bonchev–Trinajstić information content (AvgIpc) is 2.38. The Morgan fingerprint density at radius 2 is 1.60 bits per heavy atom. The van der Waals surface area contributed by atoms with E-state index < -0.39 is 0 Å². The van der Waals surface area contributed by atoms with E-state index >= 15 is 0 Å². The minimum Gasteiger partial charge on any atom is -0.493 e. The zero-order valence-electron chi connectivity index (χ0n) is 13.0. The molecule has 0 aromatic heterocycles. The first-order chi connectivity index (χ1) is 9.52. The lowest BCUT2D eigenvalue weighted by Gasteiger charge is -2.13. The summed E-state index contributed by atoms with van der Waals surface area (Å²) in [6, 6.07) is 5.38. The van der Waals surface area contributed by atoms with Crippen molar-refractivity contribution in [3.63, 3.8) is 0 Å². The highest BCUT2D eigenvalue weighted by Gasteiger charge is 2.06. The summed E-state index contributed by atoms with van der Waals surface area (Å²) in [6.07, 6.45) is 2.80. The van der Waals surface area contributed by atoms with Crippen molar-refractivity contribution in [2.24, 2.45) is 11.8 Å². The standard InChI is InChI=1S/C17H26O3/c1-13(2)7-9-19-16-6-5-15(12-18)17(11-16)20-10-8-14(3)4/h5-6,11-14H,7-10H2,1-4H3. The Morgan fingerprint density at radius 3 is 2.15 bits per heavy atom. The van der Waals surface area contributed by atoms with Crippen molar-refractivity contribution in [3.05, 3.63) is 23.8 Å². The highest BCUT2D eigenvalue weighted by atomic mass is 16.5. The average molecular weight is 278 g/mol. The summed E-state index contributed by atoms with van der Waals surface area (Å²) in [5.41, 5.74) is 0.574. The van der Waals surface area contributed by atoms with Crippen LogP contribution in [0.15, 0.2) is 18.2 Å². The maximum atomic E-state index is 11.0. The zero-order chi connectivity index (χ0) is 15.0. The van der Waals surface area contributed by atoms with Gasteiger partial charge in [0.05, 0.1) is 18.8 Å². The summed E-state index contributed by atoms with van der Waals surface area (Å²) in [5.74, 6) is 2.57. The Balaban J connectivity index is 2.62. The van der Waals surface area contributed by atoms with Gasteiger partial charge in [-0.15, -0.1) is 0 Å². The van der Waals surface area contributed by atoms with E-state index in [1.165, 1.54) is 0 Å².